The predicted octanol–water partition coefficient (Wildman–Crippen LogP) is 5.33. The molecule has 3 aromatic rings. The first-order valence-corrected chi connectivity index (χ1v) is 10.9. The summed E-state index contributed by atoms with van der Waals surface area (Å²) in [7, 11) is 0. The molecule has 4 nitrogen and oxygen atoms in total. The molecule has 1 aromatic heterocycles. The third kappa shape index (κ3) is 4.46. The van der Waals surface area contributed by atoms with Crippen molar-refractivity contribution in [2.45, 2.75) is 31.8 Å². The number of benzene rings is 2. The van der Waals surface area contributed by atoms with Crippen molar-refractivity contribution in [1.29, 1.82) is 0 Å². The highest BCUT2D eigenvalue weighted by atomic mass is 19.1. The maximum Gasteiger partial charge on any atom is 0.225 e. The van der Waals surface area contributed by atoms with Crippen molar-refractivity contribution in [2.24, 2.45) is 5.92 Å². The Hall–Kier alpha value is -3.21. The number of rotatable bonds is 5. The van der Waals surface area contributed by atoms with E-state index in [2.05, 4.69) is 4.98 Å². The van der Waals surface area contributed by atoms with Gasteiger partial charge in [0.25, 0.3) is 0 Å². The Morgan fingerprint density at radius 2 is 1.74 bits per heavy atom. The Balaban J connectivity index is 1.26. The third-order valence-corrected chi connectivity index (χ3v) is 6.06. The molecule has 2 fully saturated rings. The molecule has 0 unspecified atom stereocenters. The van der Waals surface area contributed by atoms with Crippen LogP contribution in [-0.2, 0) is 4.79 Å². The lowest BCUT2D eigenvalue weighted by molar-refractivity contribution is -0.134. The Bertz CT molecular complexity index is 1070. The Kier molecular flexibility index (Phi) is 5.41. The summed E-state index contributed by atoms with van der Waals surface area (Å²) in [6.07, 6.45) is 5.40. The number of hydrogen-bond donors (Lipinski definition) is 0. The molecule has 0 bridgehead atoms. The number of ether oxygens (including phenoxy) is 1. The lowest BCUT2D eigenvalue weighted by Crippen LogP contribution is -2.42. The van der Waals surface area contributed by atoms with E-state index in [-0.39, 0.29) is 17.8 Å². The van der Waals surface area contributed by atoms with Crippen LogP contribution >= 0.6 is 0 Å². The van der Waals surface area contributed by atoms with Gasteiger partial charge < -0.3 is 9.64 Å². The molecular weight excluding hydrogens is 391 g/mol. The zero-order valence-electron chi connectivity index (χ0n) is 17.3. The SMILES string of the molecule is O=C(C1CC1)N1CCC(Oc2ccc(-c3cccc(-c4ccccn4)c3)c(F)c2)CC1. The van der Waals surface area contributed by atoms with E-state index in [4.69, 9.17) is 4.74 Å². The van der Waals surface area contributed by atoms with Crippen LogP contribution in [0.5, 0.6) is 5.75 Å². The maximum absolute atomic E-state index is 14.9. The molecule has 2 heterocycles. The second kappa shape index (κ2) is 8.50. The van der Waals surface area contributed by atoms with Crippen LogP contribution in [0.4, 0.5) is 4.39 Å². The van der Waals surface area contributed by atoms with Crippen LogP contribution in [0.2, 0.25) is 0 Å². The van der Waals surface area contributed by atoms with E-state index in [0.717, 1.165) is 55.6 Å². The molecule has 1 saturated heterocycles. The largest absolute Gasteiger partial charge is 0.490 e. The van der Waals surface area contributed by atoms with Crippen LogP contribution in [0.15, 0.2) is 66.9 Å². The lowest BCUT2D eigenvalue weighted by atomic mass is 10.0. The number of hydrogen-bond acceptors (Lipinski definition) is 3. The molecule has 1 aliphatic carbocycles. The number of likely N-dealkylation sites (tertiary alicyclic amines) is 1. The van der Waals surface area contributed by atoms with Crippen LogP contribution in [0.3, 0.4) is 0 Å². The fourth-order valence-electron chi connectivity index (χ4n) is 4.16. The van der Waals surface area contributed by atoms with Crippen molar-refractivity contribution in [3.63, 3.8) is 0 Å². The van der Waals surface area contributed by atoms with Crippen molar-refractivity contribution < 1.29 is 13.9 Å². The van der Waals surface area contributed by atoms with Gasteiger partial charge in [-0.05, 0) is 48.7 Å². The van der Waals surface area contributed by atoms with Gasteiger partial charge in [-0.2, -0.15) is 0 Å². The summed E-state index contributed by atoms with van der Waals surface area (Å²) in [4.78, 5) is 18.5. The third-order valence-electron chi connectivity index (χ3n) is 6.06. The minimum absolute atomic E-state index is 0.0148. The summed E-state index contributed by atoms with van der Waals surface area (Å²) in [6.45, 7) is 1.45. The highest BCUT2D eigenvalue weighted by molar-refractivity contribution is 5.81. The van der Waals surface area contributed by atoms with Gasteiger partial charge in [0.1, 0.15) is 17.7 Å². The van der Waals surface area contributed by atoms with E-state index < -0.39 is 0 Å². The molecule has 1 saturated carbocycles. The average Bonchev–Trinajstić information content (AvgIpc) is 3.66. The number of carbonyl (C=O) groups excluding carboxylic acids is 1. The molecule has 1 aliphatic heterocycles. The van der Waals surface area contributed by atoms with Crippen molar-refractivity contribution in [2.75, 3.05) is 13.1 Å². The van der Waals surface area contributed by atoms with Gasteiger partial charge in [-0.25, -0.2) is 4.39 Å². The minimum atomic E-state index is -0.308. The minimum Gasteiger partial charge on any atom is -0.490 e. The highest BCUT2D eigenvalue weighted by Crippen LogP contribution is 2.33. The molecule has 0 atom stereocenters. The summed E-state index contributed by atoms with van der Waals surface area (Å²) in [5, 5.41) is 0. The van der Waals surface area contributed by atoms with E-state index in [1.165, 1.54) is 6.07 Å². The molecule has 5 rings (SSSR count). The zero-order valence-corrected chi connectivity index (χ0v) is 17.3. The fraction of sp³-hybridized carbons (Fsp3) is 0.308. The molecule has 158 valence electrons. The fourth-order valence-corrected chi connectivity index (χ4v) is 4.16. The Labute approximate surface area is 181 Å². The monoisotopic (exact) mass is 416 g/mol. The highest BCUT2D eigenvalue weighted by Gasteiger charge is 2.35. The second-order valence-electron chi connectivity index (χ2n) is 8.35. The quantitative estimate of drug-likeness (QED) is 0.564. The Morgan fingerprint density at radius 3 is 2.45 bits per heavy atom. The molecule has 31 heavy (non-hydrogen) atoms. The smallest absolute Gasteiger partial charge is 0.225 e. The van der Waals surface area contributed by atoms with Gasteiger partial charge in [0.15, 0.2) is 0 Å². The van der Waals surface area contributed by atoms with E-state index in [1.54, 1.807) is 12.3 Å². The van der Waals surface area contributed by atoms with Crippen LogP contribution in [0.25, 0.3) is 22.4 Å². The molecule has 2 aromatic carbocycles. The number of pyridine rings is 1. The summed E-state index contributed by atoms with van der Waals surface area (Å²) in [6, 6.07) is 18.6. The van der Waals surface area contributed by atoms with E-state index in [1.807, 2.05) is 53.4 Å². The van der Waals surface area contributed by atoms with E-state index in [0.29, 0.717) is 17.2 Å². The summed E-state index contributed by atoms with van der Waals surface area (Å²) in [5.41, 5.74) is 3.15. The first-order valence-electron chi connectivity index (χ1n) is 10.9. The molecule has 0 spiro atoms. The van der Waals surface area contributed by atoms with Crippen LogP contribution < -0.4 is 4.74 Å². The van der Waals surface area contributed by atoms with E-state index in [9.17, 15) is 9.18 Å². The van der Waals surface area contributed by atoms with Crippen molar-refractivity contribution in [3.8, 4) is 28.1 Å². The van der Waals surface area contributed by atoms with Crippen LogP contribution in [0, 0.1) is 11.7 Å². The average molecular weight is 416 g/mol. The van der Waals surface area contributed by atoms with Crippen molar-refractivity contribution in [1.82, 2.24) is 9.88 Å². The first-order chi connectivity index (χ1) is 15.2. The topological polar surface area (TPSA) is 42.4 Å². The number of amides is 1. The number of nitrogens with zero attached hydrogens (tertiary/aromatic N) is 2. The maximum atomic E-state index is 14.9. The molecule has 2 aliphatic rings. The predicted molar refractivity (Wildman–Crippen MR) is 118 cm³/mol. The van der Waals surface area contributed by atoms with Gasteiger partial charge in [0, 0.05) is 55.2 Å². The first kappa shape index (κ1) is 19.7. The molecule has 5 heteroatoms. The van der Waals surface area contributed by atoms with Gasteiger partial charge in [-0.1, -0.05) is 24.3 Å². The number of piperidine rings is 1. The molecule has 0 radical (unpaired) electrons. The normalized spacial score (nSPS) is 16.9. The van der Waals surface area contributed by atoms with Gasteiger partial charge in [0.2, 0.25) is 5.91 Å². The second-order valence-corrected chi connectivity index (χ2v) is 8.35. The summed E-state index contributed by atoms with van der Waals surface area (Å²) in [5.74, 6) is 0.781. The van der Waals surface area contributed by atoms with Crippen LogP contribution in [0.1, 0.15) is 25.7 Å². The van der Waals surface area contributed by atoms with Gasteiger partial charge in [-0.15, -0.1) is 0 Å². The molecule has 1 amide bonds. The standard InChI is InChI=1S/C26H25FN2O2/c27-24-17-22(31-21-11-14-29(15-12-21)26(30)18-7-8-18)9-10-23(24)19-4-3-5-20(16-19)25-6-1-2-13-28-25/h1-6,9-10,13,16-18,21H,7-8,11-12,14-15H2. The van der Waals surface area contributed by atoms with Crippen LogP contribution in [-0.4, -0.2) is 35.0 Å². The summed E-state index contributed by atoms with van der Waals surface area (Å²) < 4.78 is 21.0. The van der Waals surface area contributed by atoms with Crippen molar-refractivity contribution >= 4 is 5.91 Å². The number of halogens is 1. The number of carbonyl (C=O) groups is 1. The van der Waals surface area contributed by atoms with Gasteiger partial charge in [-0.3, -0.25) is 9.78 Å². The van der Waals surface area contributed by atoms with E-state index >= 15 is 0 Å². The molecule has 0 N–H and O–H groups in total. The summed E-state index contributed by atoms with van der Waals surface area (Å²) >= 11 is 0. The number of aromatic nitrogens is 1. The van der Waals surface area contributed by atoms with Crippen molar-refractivity contribution in [3.05, 3.63) is 72.7 Å². The molecular formula is C26H25FN2O2. The van der Waals surface area contributed by atoms with Gasteiger partial charge >= 0.3 is 0 Å². The Morgan fingerprint density at radius 1 is 0.935 bits per heavy atom. The zero-order chi connectivity index (χ0) is 21.2. The lowest BCUT2D eigenvalue weighted by Gasteiger charge is -2.32. The van der Waals surface area contributed by atoms with Gasteiger partial charge in [0.05, 0.1) is 5.69 Å².